The first-order valence-corrected chi connectivity index (χ1v) is 7.97. The average Bonchev–Trinajstić information content (AvgIpc) is 2.97. The van der Waals surface area contributed by atoms with Crippen LogP contribution in [-0.2, 0) is 6.54 Å². The van der Waals surface area contributed by atoms with E-state index in [-0.39, 0.29) is 11.6 Å². The second kappa shape index (κ2) is 6.14. The van der Waals surface area contributed by atoms with Gasteiger partial charge in [0.05, 0.1) is 6.54 Å². The Morgan fingerprint density at radius 1 is 1.08 bits per heavy atom. The fraction of sp³-hybridized carbons (Fsp3) is 0.0556. The molecule has 0 amide bonds. The van der Waals surface area contributed by atoms with Crippen molar-refractivity contribution in [3.8, 4) is 11.4 Å². The highest BCUT2D eigenvalue weighted by atomic mass is 35.5. The molecule has 0 fully saturated rings. The first-order valence-electron chi connectivity index (χ1n) is 7.59. The molecule has 0 bridgehead atoms. The van der Waals surface area contributed by atoms with Gasteiger partial charge in [0, 0.05) is 10.6 Å². The Hall–Kier alpha value is -2.99. The predicted octanol–water partition coefficient (Wildman–Crippen LogP) is 3.92. The number of halogens is 2. The SMILES string of the molecule is Nc1ncnc2c1nc(-c1cccc(F)c1)n2Cc1ccccc1Cl. The Labute approximate surface area is 147 Å². The number of nitrogens with zero attached hydrogens (tertiary/aromatic N) is 4. The summed E-state index contributed by atoms with van der Waals surface area (Å²) in [5, 5.41) is 0.636. The molecule has 2 N–H and O–H groups in total. The van der Waals surface area contributed by atoms with Crippen molar-refractivity contribution in [1.29, 1.82) is 0 Å². The highest BCUT2D eigenvalue weighted by Gasteiger charge is 2.17. The van der Waals surface area contributed by atoms with Gasteiger partial charge in [0.15, 0.2) is 17.0 Å². The Morgan fingerprint density at radius 2 is 1.92 bits per heavy atom. The number of anilines is 1. The third-order valence-corrected chi connectivity index (χ3v) is 4.30. The number of hydrogen-bond donors (Lipinski definition) is 1. The summed E-state index contributed by atoms with van der Waals surface area (Å²) in [6, 6.07) is 13.8. The van der Waals surface area contributed by atoms with Gasteiger partial charge in [-0.1, -0.05) is 41.9 Å². The van der Waals surface area contributed by atoms with Gasteiger partial charge in [-0.15, -0.1) is 0 Å². The van der Waals surface area contributed by atoms with Crippen LogP contribution < -0.4 is 5.73 Å². The van der Waals surface area contributed by atoms with Gasteiger partial charge in [-0.25, -0.2) is 19.3 Å². The van der Waals surface area contributed by atoms with Crippen LogP contribution in [0.3, 0.4) is 0 Å². The maximum atomic E-state index is 13.7. The molecule has 25 heavy (non-hydrogen) atoms. The first kappa shape index (κ1) is 15.5. The first-order chi connectivity index (χ1) is 12.1. The van der Waals surface area contributed by atoms with Crippen LogP contribution in [0.4, 0.5) is 10.2 Å². The van der Waals surface area contributed by atoms with Crippen molar-refractivity contribution in [1.82, 2.24) is 19.5 Å². The third-order valence-electron chi connectivity index (χ3n) is 3.93. The van der Waals surface area contributed by atoms with Crippen LogP contribution in [0.1, 0.15) is 5.56 Å². The number of nitrogen functional groups attached to an aromatic ring is 1. The lowest BCUT2D eigenvalue weighted by molar-refractivity contribution is 0.628. The van der Waals surface area contributed by atoms with Crippen LogP contribution in [0, 0.1) is 5.82 Å². The van der Waals surface area contributed by atoms with E-state index in [1.807, 2.05) is 28.8 Å². The van der Waals surface area contributed by atoms with Crippen LogP contribution in [0.15, 0.2) is 54.9 Å². The van der Waals surface area contributed by atoms with E-state index in [4.69, 9.17) is 17.3 Å². The van der Waals surface area contributed by atoms with Gasteiger partial charge in [0.25, 0.3) is 0 Å². The minimum absolute atomic E-state index is 0.278. The van der Waals surface area contributed by atoms with E-state index in [2.05, 4.69) is 15.0 Å². The lowest BCUT2D eigenvalue weighted by atomic mass is 10.2. The summed E-state index contributed by atoms with van der Waals surface area (Å²) in [5.74, 6) is 0.495. The molecular weight excluding hydrogens is 341 g/mol. The number of aromatic nitrogens is 4. The minimum atomic E-state index is -0.340. The monoisotopic (exact) mass is 353 g/mol. The summed E-state index contributed by atoms with van der Waals surface area (Å²) in [6.07, 6.45) is 1.39. The Balaban J connectivity index is 1.96. The van der Waals surface area contributed by atoms with Crippen molar-refractivity contribution in [2.75, 3.05) is 5.73 Å². The molecular formula is C18H13ClFN5. The van der Waals surface area contributed by atoms with Gasteiger partial charge in [-0.05, 0) is 23.8 Å². The number of rotatable bonds is 3. The molecule has 0 saturated heterocycles. The van der Waals surface area contributed by atoms with Crippen molar-refractivity contribution >= 4 is 28.6 Å². The smallest absolute Gasteiger partial charge is 0.166 e. The van der Waals surface area contributed by atoms with E-state index >= 15 is 0 Å². The Morgan fingerprint density at radius 3 is 2.72 bits per heavy atom. The van der Waals surface area contributed by atoms with Crippen LogP contribution in [0.2, 0.25) is 5.02 Å². The van der Waals surface area contributed by atoms with E-state index in [9.17, 15) is 4.39 Å². The maximum absolute atomic E-state index is 13.7. The molecule has 124 valence electrons. The molecule has 2 aromatic carbocycles. The predicted molar refractivity (Wildman–Crippen MR) is 95.7 cm³/mol. The zero-order valence-electron chi connectivity index (χ0n) is 13.0. The highest BCUT2D eigenvalue weighted by molar-refractivity contribution is 6.31. The molecule has 0 unspecified atom stereocenters. The topological polar surface area (TPSA) is 69.6 Å². The molecule has 4 rings (SSSR count). The fourth-order valence-electron chi connectivity index (χ4n) is 2.75. The summed E-state index contributed by atoms with van der Waals surface area (Å²) in [4.78, 5) is 12.8. The zero-order chi connectivity index (χ0) is 17.4. The second-order valence-electron chi connectivity index (χ2n) is 5.55. The Kier molecular flexibility index (Phi) is 3.82. The molecule has 0 atom stereocenters. The van der Waals surface area contributed by atoms with Gasteiger partial charge < -0.3 is 10.3 Å². The number of fused-ring (bicyclic) bond motifs is 1. The Bertz CT molecular complexity index is 1080. The van der Waals surface area contributed by atoms with E-state index < -0.39 is 0 Å². The standard InChI is InChI=1S/C18H13ClFN5/c19-14-7-2-1-4-12(14)9-25-17(11-5-3-6-13(20)8-11)24-15-16(21)22-10-23-18(15)25/h1-8,10H,9H2,(H2,21,22,23). The molecule has 0 saturated carbocycles. The van der Waals surface area contributed by atoms with Gasteiger partial charge in [-0.3, -0.25) is 0 Å². The van der Waals surface area contributed by atoms with Crippen molar-refractivity contribution in [2.24, 2.45) is 0 Å². The van der Waals surface area contributed by atoms with Gasteiger partial charge in [-0.2, -0.15) is 0 Å². The van der Waals surface area contributed by atoms with Crippen LogP contribution >= 0.6 is 11.6 Å². The quantitative estimate of drug-likeness (QED) is 0.606. The summed E-state index contributed by atoms with van der Waals surface area (Å²) in [5.41, 5.74) is 8.53. The molecule has 0 spiro atoms. The van der Waals surface area contributed by atoms with Crippen LogP contribution in [-0.4, -0.2) is 19.5 Å². The van der Waals surface area contributed by atoms with Crippen LogP contribution in [0.5, 0.6) is 0 Å². The molecule has 0 aliphatic carbocycles. The lowest BCUT2D eigenvalue weighted by Crippen LogP contribution is -2.04. The fourth-order valence-corrected chi connectivity index (χ4v) is 2.94. The molecule has 2 heterocycles. The number of nitrogens with two attached hydrogens (primary N) is 1. The molecule has 2 aromatic heterocycles. The molecule has 7 heteroatoms. The molecule has 0 aliphatic heterocycles. The summed E-state index contributed by atoms with van der Waals surface area (Å²) in [6.45, 7) is 0.429. The highest BCUT2D eigenvalue weighted by Crippen LogP contribution is 2.28. The summed E-state index contributed by atoms with van der Waals surface area (Å²) < 4.78 is 15.6. The summed E-state index contributed by atoms with van der Waals surface area (Å²) >= 11 is 6.30. The lowest BCUT2D eigenvalue weighted by Gasteiger charge is -2.10. The number of benzene rings is 2. The van der Waals surface area contributed by atoms with Crippen molar-refractivity contribution < 1.29 is 4.39 Å². The normalized spacial score (nSPS) is 11.1. The third kappa shape index (κ3) is 2.81. The number of hydrogen-bond acceptors (Lipinski definition) is 4. The maximum Gasteiger partial charge on any atom is 0.166 e. The van der Waals surface area contributed by atoms with Crippen molar-refractivity contribution in [2.45, 2.75) is 6.54 Å². The molecule has 5 nitrogen and oxygen atoms in total. The minimum Gasteiger partial charge on any atom is -0.382 e. The van der Waals surface area contributed by atoms with Crippen molar-refractivity contribution in [3.63, 3.8) is 0 Å². The van der Waals surface area contributed by atoms with Crippen molar-refractivity contribution in [3.05, 3.63) is 71.3 Å². The number of imidazole rings is 1. The average molecular weight is 354 g/mol. The summed E-state index contributed by atoms with van der Waals surface area (Å²) in [7, 11) is 0. The van der Waals surface area contributed by atoms with Crippen LogP contribution in [0.25, 0.3) is 22.6 Å². The van der Waals surface area contributed by atoms with E-state index in [0.29, 0.717) is 34.1 Å². The van der Waals surface area contributed by atoms with Gasteiger partial charge in [0.2, 0.25) is 0 Å². The zero-order valence-corrected chi connectivity index (χ0v) is 13.8. The molecule has 0 aliphatic rings. The van der Waals surface area contributed by atoms with Gasteiger partial charge in [0.1, 0.15) is 18.0 Å². The van der Waals surface area contributed by atoms with E-state index in [1.54, 1.807) is 12.1 Å². The molecule has 0 radical (unpaired) electrons. The second-order valence-corrected chi connectivity index (χ2v) is 5.96. The largest absolute Gasteiger partial charge is 0.382 e. The van der Waals surface area contributed by atoms with Gasteiger partial charge >= 0.3 is 0 Å². The van der Waals surface area contributed by atoms with E-state index in [1.165, 1.54) is 18.5 Å². The van der Waals surface area contributed by atoms with E-state index in [0.717, 1.165) is 5.56 Å². The molecule has 4 aromatic rings.